The minimum atomic E-state index is -0.331. The van der Waals surface area contributed by atoms with Crippen LogP contribution in [0.25, 0.3) is 0 Å². The van der Waals surface area contributed by atoms with Crippen molar-refractivity contribution in [3.63, 3.8) is 0 Å². The first-order valence-corrected chi connectivity index (χ1v) is 6.59. The van der Waals surface area contributed by atoms with Crippen molar-refractivity contribution in [2.24, 2.45) is 0 Å². The number of nitrogens with two attached hydrogens (primary N) is 1. The molecule has 0 fully saturated rings. The molecule has 0 heterocycles. The summed E-state index contributed by atoms with van der Waals surface area (Å²) in [5.41, 5.74) is 8.35. The molecule has 0 atom stereocenters. The van der Waals surface area contributed by atoms with Gasteiger partial charge in [0.05, 0.1) is 0 Å². The molecule has 2 aromatic rings. The molecule has 0 bridgehead atoms. The Balaban J connectivity index is 2.28. The third-order valence-electron chi connectivity index (χ3n) is 2.90. The van der Waals surface area contributed by atoms with Gasteiger partial charge < -0.3 is 5.73 Å². The molecule has 0 aliphatic rings. The van der Waals surface area contributed by atoms with Gasteiger partial charge in [0.2, 0.25) is 0 Å². The molecule has 0 aromatic heterocycles. The van der Waals surface area contributed by atoms with Crippen molar-refractivity contribution in [1.29, 1.82) is 0 Å². The van der Waals surface area contributed by atoms with Crippen molar-refractivity contribution in [3.8, 4) is 0 Å². The van der Waals surface area contributed by atoms with Gasteiger partial charge in [0.15, 0.2) is 5.78 Å². The number of hydrogen-bond acceptors (Lipinski definition) is 2. The highest BCUT2D eigenvalue weighted by Crippen LogP contribution is 2.20. The maximum absolute atomic E-state index is 13.2. The van der Waals surface area contributed by atoms with E-state index in [1.54, 1.807) is 24.3 Å². The molecule has 0 amide bonds. The SMILES string of the molecule is Cc1ccc(F)cc1CC(=O)c1cc(N)cc(Br)c1. The van der Waals surface area contributed by atoms with Crippen LogP contribution in [-0.4, -0.2) is 5.78 Å². The minimum absolute atomic E-state index is 0.0818. The van der Waals surface area contributed by atoms with Crippen LogP contribution in [0.5, 0.6) is 0 Å². The van der Waals surface area contributed by atoms with Crippen molar-refractivity contribution in [2.75, 3.05) is 5.73 Å². The molecular formula is C15H13BrFNO. The van der Waals surface area contributed by atoms with E-state index in [4.69, 9.17) is 5.73 Å². The molecule has 0 aliphatic carbocycles. The summed E-state index contributed by atoms with van der Waals surface area (Å²) in [6.45, 7) is 1.86. The van der Waals surface area contributed by atoms with Crippen LogP contribution >= 0.6 is 15.9 Å². The number of rotatable bonds is 3. The first kappa shape index (κ1) is 13.7. The predicted octanol–water partition coefficient (Wildman–Crippen LogP) is 3.90. The molecule has 0 saturated heterocycles. The number of ketones is 1. The van der Waals surface area contributed by atoms with Gasteiger partial charge in [-0.05, 0) is 48.4 Å². The zero-order chi connectivity index (χ0) is 14.0. The Kier molecular flexibility index (Phi) is 4.00. The number of carbonyl (C=O) groups is 1. The van der Waals surface area contributed by atoms with Crippen LogP contribution in [0.3, 0.4) is 0 Å². The number of aryl methyl sites for hydroxylation is 1. The second kappa shape index (κ2) is 5.53. The molecule has 0 radical (unpaired) electrons. The third kappa shape index (κ3) is 3.41. The molecule has 0 unspecified atom stereocenters. The lowest BCUT2D eigenvalue weighted by molar-refractivity contribution is 0.0992. The first-order chi connectivity index (χ1) is 8.95. The summed E-state index contributed by atoms with van der Waals surface area (Å²) in [5.74, 6) is -0.413. The molecule has 0 saturated carbocycles. The van der Waals surface area contributed by atoms with E-state index >= 15 is 0 Å². The summed E-state index contributed by atoms with van der Waals surface area (Å²) in [5, 5.41) is 0. The number of hydrogen-bond donors (Lipinski definition) is 1. The van der Waals surface area contributed by atoms with Gasteiger partial charge in [-0.2, -0.15) is 0 Å². The molecular weight excluding hydrogens is 309 g/mol. The van der Waals surface area contributed by atoms with Crippen molar-refractivity contribution >= 4 is 27.4 Å². The van der Waals surface area contributed by atoms with Gasteiger partial charge in [0, 0.05) is 22.1 Å². The van der Waals surface area contributed by atoms with Gasteiger partial charge in [-0.1, -0.05) is 22.0 Å². The molecule has 2 nitrogen and oxygen atoms in total. The number of carbonyl (C=O) groups excluding carboxylic acids is 1. The van der Waals surface area contributed by atoms with Gasteiger partial charge in [-0.3, -0.25) is 4.79 Å². The van der Waals surface area contributed by atoms with Crippen LogP contribution in [-0.2, 0) is 6.42 Å². The van der Waals surface area contributed by atoms with Gasteiger partial charge in [-0.25, -0.2) is 4.39 Å². The topological polar surface area (TPSA) is 43.1 Å². The van der Waals surface area contributed by atoms with E-state index in [1.807, 2.05) is 6.92 Å². The summed E-state index contributed by atoms with van der Waals surface area (Å²) in [4.78, 5) is 12.2. The van der Waals surface area contributed by atoms with Crippen LogP contribution < -0.4 is 5.73 Å². The highest BCUT2D eigenvalue weighted by Gasteiger charge is 2.11. The maximum atomic E-state index is 13.2. The van der Waals surface area contributed by atoms with Crippen molar-refractivity contribution in [3.05, 3.63) is 63.4 Å². The summed E-state index contributed by atoms with van der Waals surface area (Å²) in [7, 11) is 0. The van der Waals surface area contributed by atoms with Crippen molar-refractivity contribution in [2.45, 2.75) is 13.3 Å². The molecule has 2 aromatic carbocycles. The number of benzene rings is 2. The highest BCUT2D eigenvalue weighted by atomic mass is 79.9. The Labute approximate surface area is 119 Å². The maximum Gasteiger partial charge on any atom is 0.167 e. The largest absolute Gasteiger partial charge is 0.399 e. The zero-order valence-corrected chi connectivity index (χ0v) is 12.0. The second-order valence-electron chi connectivity index (χ2n) is 4.44. The van der Waals surface area contributed by atoms with Gasteiger partial charge in [-0.15, -0.1) is 0 Å². The number of anilines is 1. The smallest absolute Gasteiger partial charge is 0.167 e. The van der Waals surface area contributed by atoms with E-state index in [2.05, 4.69) is 15.9 Å². The average molecular weight is 322 g/mol. The summed E-state index contributed by atoms with van der Waals surface area (Å²) >= 11 is 3.30. The van der Waals surface area contributed by atoms with Crippen LogP contribution in [0.2, 0.25) is 0 Å². The Morgan fingerprint density at radius 2 is 2.00 bits per heavy atom. The molecule has 2 rings (SSSR count). The zero-order valence-electron chi connectivity index (χ0n) is 10.4. The second-order valence-corrected chi connectivity index (χ2v) is 5.36. The minimum Gasteiger partial charge on any atom is -0.399 e. The van der Waals surface area contributed by atoms with E-state index in [-0.39, 0.29) is 18.0 Å². The lowest BCUT2D eigenvalue weighted by Crippen LogP contribution is -2.06. The molecule has 0 spiro atoms. The Bertz CT molecular complexity index is 620. The van der Waals surface area contributed by atoms with Crippen molar-refractivity contribution < 1.29 is 9.18 Å². The fourth-order valence-electron chi connectivity index (χ4n) is 1.88. The standard InChI is InChI=1S/C15H13BrFNO/c1-9-2-3-13(17)5-10(9)7-15(19)11-4-12(16)8-14(18)6-11/h2-6,8H,7,18H2,1H3. The first-order valence-electron chi connectivity index (χ1n) is 5.80. The summed E-state index contributed by atoms with van der Waals surface area (Å²) < 4.78 is 13.9. The normalized spacial score (nSPS) is 10.5. The molecule has 19 heavy (non-hydrogen) atoms. The Morgan fingerprint density at radius 1 is 1.26 bits per heavy atom. The van der Waals surface area contributed by atoms with E-state index in [0.717, 1.165) is 10.0 Å². The van der Waals surface area contributed by atoms with E-state index < -0.39 is 0 Å². The quantitative estimate of drug-likeness (QED) is 0.688. The molecule has 98 valence electrons. The lowest BCUT2D eigenvalue weighted by atomic mass is 9.99. The number of nitrogen functional groups attached to an aromatic ring is 1. The van der Waals surface area contributed by atoms with E-state index in [0.29, 0.717) is 16.8 Å². The van der Waals surface area contributed by atoms with E-state index in [9.17, 15) is 9.18 Å². The molecule has 4 heteroatoms. The number of Topliss-reactive ketones (excluding diaryl/α,β-unsaturated/α-hetero) is 1. The van der Waals surface area contributed by atoms with Crippen LogP contribution in [0, 0.1) is 12.7 Å². The highest BCUT2D eigenvalue weighted by molar-refractivity contribution is 9.10. The van der Waals surface area contributed by atoms with Gasteiger partial charge in [0.1, 0.15) is 5.82 Å². The lowest BCUT2D eigenvalue weighted by Gasteiger charge is -2.07. The monoisotopic (exact) mass is 321 g/mol. The average Bonchev–Trinajstić information content (AvgIpc) is 2.32. The van der Waals surface area contributed by atoms with Crippen LogP contribution in [0.1, 0.15) is 21.5 Å². The molecule has 0 aliphatic heterocycles. The predicted molar refractivity (Wildman–Crippen MR) is 77.7 cm³/mol. The number of halogens is 2. The Hall–Kier alpha value is -1.68. The van der Waals surface area contributed by atoms with Gasteiger partial charge in [0.25, 0.3) is 0 Å². The molecule has 2 N–H and O–H groups in total. The van der Waals surface area contributed by atoms with Crippen molar-refractivity contribution in [1.82, 2.24) is 0 Å². The van der Waals surface area contributed by atoms with Crippen LogP contribution in [0.15, 0.2) is 40.9 Å². The Morgan fingerprint density at radius 3 is 2.68 bits per heavy atom. The summed E-state index contributed by atoms with van der Waals surface area (Å²) in [6.07, 6.45) is 0.166. The van der Waals surface area contributed by atoms with E-state index in [1.165, 1.54) is 12.1 Å². The fourth-order valence-corrected chi connectivity index (χ4v) is 2.39. The third-order valence-corrected chi connectivity index (χ3v) is 3.36. The van der Waals surface area contributed by atoms with Gasteiger partial charge >= 0.3 is 0 Å². The summed E-state index contributed by atoms with van der Waals surface area (Å²) in [6, 6.07) is 9.53. The van der Waals surface area contributed by atoms with Crippen LogP contribution in [0.4, 0.5) is 10.1 Å². The fraction of sp³-hybridized carbons (Fsp3) is 0.133.